The highest BCUT2D eigenvalue weighted by atomic mass is 32.2. The number of fused-ring (bicyclic) bond motifs is 1. The molecule has 4 rings (SSSR count). The molecule has 12 heteroatoms. The molecule has 11 nitrogen and oxygen atoms in total. The van der Waals surface area contributed by atoms with Crippen molar-refractivity contribution in [3.8, 4) is 5.75 Å². The smallest absolute Gasteiger partial charge is 0.407 e. The summed E-state index contributed by atoms with van der Waals surface area (Å²) in [5.41, 5.74) is 0.859. The Morgan fingerprint density at radius 2 is 1.68 bits per heavy atom. The lowest BCUT2D eigenvalue weighted by Crippen LogP contribution is -2.52. The number of carbonyl (C=O) groups excluding carboxylic acids is 1. The van der Waals surface area contributed by atoms with Gasteiger partial charge in [-0.05, 0) is 42.2 Å². The van der Waals surface area contributed by atoms with Gasteiger partial charge in [-0.15, -0.1) is 0 Å². The lowest BCUT2D eigenvalue weighted by molar-refractivity contribution is -0.0913. The molecule has 2 aliphatic rings. The number of benzene rings is 2. The molecule has 0 bridgehead atoms. The van der Waals surface area contributed by atoms with Crippen molar-refractivity contribution in [1.29, 1.82) is 0 Å². The molecule has 226 valence electrons. The van der Waals surface area contributed by atoms with Crippen molar-refractivity contribution in [3.05, 3.63) is 60.2 Å². The van der Waals surface area contributed by atoms with Crippen LogP contribution in [0.1, 0.15) is 19.4 Å². The largest absolute Gasteiger partial charge is 0.497 e. The average Bonchev–Trinajstić information content (AvgIpc) is 3.55. The molecule has 2 aromatic rings. The Morgan fingerprint density at radius 1 is 1.02 bits per heavy atom. The minimum absolute atomic E-state index is 0.0154. The van der Waals surface area contributed by atoms with Gasteiger partial charge in [-0.1, -0.05) is 44.2 Å². The average molecular weight is 593 g/mol. The SMILES string of the molecule is COc1ccc(S(=O)(=O)N(CC(C)C)C[C@@H](O)[C@H](Cc2ccccc2)NC(=O)O[C@H]2CO[C@H]3OC[C@@H](OC)[C@H]32)cc1. The second kappa shape index (κ2) is 14.0. The Labute approximate surface area is 241 Å². The Hall–Kier alpha value is -2.74. The zero-order valence-corrected chi connectivity index (χ0v) is 24.7. The van der Waals surface area contributed by atoms with E-state index in [0.29, 0.717) is 12.4 Å². The van der Waals surface area contributed by atoms with Gasteiger partial charge in [0.1, 0.15) is 11.9 Å². The van der Waals surface area contributed by atoms with Gasteiger partial charge in [0.15, 0.2) is 6.29 Å². The number of rotatable bonds is 13. The van der Waals surface area contributed by atoms with Crippen LogP contribution in [0.25, 0.3) is 0 Å². The van der Waals surface area contributed by atoms with Gasteiger partial charge in [0.25, 0.3) is 0 Å². The highest BCUT2D eigenvalue weighted by Crippen LogP contribution is 2.35. The highest BCUT2D eigenvalue weighted by Gasteiger charge is 2.50. The molecule has 2 heterocycles. The Balaban J connectivity index is 1.51. The van der Waals surface area contributed by atoms with E-state index in [2.05, 4.69) is 5.32 Å². The number of sulfonamides is 1. The Bertz CT molecular complexity index is 1230. The van der Waals surface area contributed by atoms with Gasteiger partial charge < -0.3 is 34.1 Å². The van der Waals surface area contributed by atoms with E-state index < -0.39 is 40.7 Å². The maximum absolute atomic E-state index is 13.6. The minimum Gasteiger partial charge on any atom is -0.497 e. The summed E-state index contributed by atoms with van der Waals surface area (Å²) < 4.78 is 56.0. The molecule has 1 amide bonds. The molecule has 0 aliphatic carbocycles. The van der Waals surface area contributed by atoms with Crippen LogP contribution in [-0.2, 0) is 35.4 Å². The Morgan fingerprint density at radius 3 is 2.29 bits per heavy atom. The second-order valence-electron chi connectivity index (χ2n) is 10.7. The predicted octanol–water partition coefficient (Wildman–Crippen LogP) is 2.43. The number of amides is 1. The van der Waals surface area contributed by atoms with Crippen molar-refractivity contribution in [1.82, 2.24) is 9.62 Å². The number of hydrogen-bond acceptors (Lipinski definition) is 9. The summed E-state index contributed by atoms with van der Waals surface area (Å²) in [6.45, 7) is 4.25. The van der Waals surface area contributed by atoms with Gasteiger partial charge in [-0.3, -0.25) is 0 Å². The summed E-state index contributed by atoms with van der Waals surface area (Å²) in [7, 11) is -0.883. The van der Waals surface area contributed by atoms with Gasteiger partial charge >= 0.3 is 6.09 Å². The minimum atomic E-state index is -3.96. The third-order valence-corrected chi connectivity index (χ3v) is 9.15. The van der Waals surface area contributed by atoms with Gasteiger partial charge in [-0.2, -0.15) is 4.31 Å². The molecule has 41 heavy (non-hydrogen) atoms. The zero-order valence-electron chi connectivity index (χ0n) is 23.8. The molecular weight excluding hydrogens is 552 g/mol. The Kier molecular flexibility index (Phi) is 10.6. The first-order valence-corrected chi connectivity index (χ1v) is 15.2. The van der Waals surface area contributed by atoms with E-state index in [1.165, 1.54) is 23.5 Å². The number of methoxy groups -OCH3 is 2. The molecule has 2 saturated heterocycles. The van der Waals surface area contributed by atoms with Crippen LogP contribution in [0.4, 0.5) is 4.79 Å². The second-order valence-corrected chi connectivity index (χ2v) is 12.7. The molecule has 6 atom stereocenters. The third-order valence-electron chi connectivity index (χ3n) is 7.31. The predicted molar refractivity (Wildman–Crippen MR) is 150 cm³/mol. The molecule has 0 saturated carbocycles. The molecule has 0 spiro atoms. The summed E-state index contributed by atoms with van der Waals surface area (Å²) >= 11 is 0. The van der Waals surface area contributed by atoms with E-state index in [1.807, 2.05) is 44.2 Å². The monoisotopic (exact) mass is 592 g/mol. The van der Waals surface area contributed by atoms with E-state index >= 15 is 0 Å². The van der Waals surface area contributed by atoms with Gasteiger partial charge in [0.2, 0.25) is 10.0 Å². The number of aliphatic hydroxyl groups is 1. The standard InChI is InChI=1S/C29H40N2O9S/c1-19(2)15-31(41(34,35)22-12-10-21(36-3)11-13-22)16-24(32)23(14-20-8-6-5-7-9-20)30-29(33)40-26-18-39-28-27(26)25(37-4)17-38-28/h5-13,19,23-28,32H,14-18H2,1-4H3,(H,30,33)/t23-,24+,25+,26-,27-,28+/m0/s1. The van der Waals surface area contributed by atoms with Crippen LogP contribution in [-0.4, -0.2) is 95.1 Å². The van der Waals surface area contributed by atoms with E-state index in [4.69, 9.17) is 23.7 Å². The lowest BCUT2D eigenvalue weighted by Gasteiger charge is -2.31. The van der Waals surface area contributed by atoms with Crippen LogP contribution in [0.5, 0.6) is 5.75 Å². The molecule has 0 radical (unpaired) electrons. The van der Waals surface area contributed by atoms with Crippen LogP contribution in [0, 0.1) is 11.8 Å². The third kappa shape index (κ3) is 7.76. The first kappa shape index (κ1) is 31.2. The number of nitrogens with one attached hydrogen (secondary N) is 1. The lowest BCUT2D eigenvalue weighted by atomic mass is 10.00. The van der Waals surface area contributed by atoms with Crippen molar-refractivity contribution >= 4 is 16.1 Å². The maximum atomic E-state index is 13.6. The van der Waals surface area contributed by atoms with E-state index in [0.717, 1.165) is 5.56 Å². The van der Waals surface area contributed by atoms with Crippen molar-refractivity contribution in [2.75, 3.05) is 40.5 Å². The summed E-state index contributed by atoms with van der Waals surface area (Å²) in [4.78, 5) is 13.2. The first-order valence-electron chi connectivity index (χ1n) is 13.7. The molecule has 2 aromatic carbocycles. The van der Waals surface area contributed by atoms with E-state index in [9.17, 15) is 18.3 Å². The summed E-state index contributed by atoms with van der Waals surface area (Å²) in [6, 6.07) is 14.6. The number of alkyl carbamates (subject to hydrolysis) is 1. The maximum Gasteiger partial charge on any atom is 0.407 e. The van der Waals surface area contributed by atoms with Gasteiger partial charge in [0, 0.05) is 20.2 Å². The van der Waals surface area contributed by atoms with Crippen LogP contribution in [0.15, 0.2) is 59.5 Å². The van der Waals surface area contributed by atoms with Crippen molar-refractivity contribution in [3.63, 3.8) is 0 Å². The quantitative estimate of drug-likeness (QED) is 0.360. The molecule has 0 aromatic heterocycles. The van der Waals surface area contributed by atoms with Crippen molar-refractivity contribution in [2.45, 2.75) is 55.8 Å². The summed E-state index contributed by atoms with van der Waals surface area (Å²) in [6.07, 6.45) is -3.09. The zero-order chi connectivity index (χ0) is 29.6. The fourth-order valence-corrected chi connectivity index (χ4v) is 6.81. The molecule has 2 aliphatic heterocycles. The van der Waals surface area contributed by atoms with Gasteiger partial charge in [0.05, 0.1) is 49.4 Å². The normalized spacial score (nSPS) is 23.8. The highest BCUT2D eigenvalue weighted by molar-refractivity contribution is 7.89. The number of carbonyl (C=O) groups is 1. The number of ether oxygens (including phenoxy) is 5. The van der Waals surface area contributed by atoms with Crippen LogP contribution in [0.2, 0.25) is 0 Å². The van der Waals surface area contributed by atoms with Crippen molar-refractivity contribution < 1.29 is 42.0 Å². The van der Waals surface area contributed by atoms with E-state index in [1.54, 1.807) is 19.2 Å². The molecule has 2 N–H and O–H groups in total. The fourth-order valence-electron chi connectivity index (χ4n) is 5.18. The number of nitrogens with zero attached hydrogens (tertiary/aromatic N) is 1. The van der Waals surface area contributed by atoms with E-state index in [-0.39, 0.29) is 49.0 Å². The molecule has 0 unspecified atom stereocenters. The molecule has 2 fully saturated rings. The molecular formula is C29H40N2O9S. The number of hydrogen-bond donors (Lipinski definition) is 2. The summed E-state index contributed by atoms with van der Waals surface area (Å²) in [5, 5.41) is 14.2. The fraction of sp³-hybridized carbons (Fsp3) is 0.552. The van der Waals surface area contributed by atoms with Crippen molar-refractivity contribution in [2.24, 2.45) is 11.8 Å². The van der Waals surface area contributed by atoms with Crippen LogP contribution >= 0.6 is 0 Å². The van der Waals surface area contributed by atoms with Crippen LogP contribution in [0.3, 0.4) is 0 Å². The summed E-state index contributed by atoms with van der Waals surface area (Å²) in [5.74, 6) is 0.253. The van der Waals surface area contributed by atoms with Crippen LogP contribution < -0.4 is 10.1 Å². The van der Waals surface area contributed by atoms with Gasteiger partial charge in [-0.25, -0.2) is 13.2 Å². The topological polar surface area (TPSA) is 133 Å². The first-order chi connectivity index (χ1) is 19.6. The number of aliphatic hydroxyl groups excluding tert-OH is 1.